The van der Waals surface area contributed by atoms with E-state index in [-0.39, 0.29) is 66.3 Å². The predicted molar refractivity (Wildman–Crippen MR) is 153 cm³/mol. The number of rotatable bonds is 5. The number of aromatic hydroxyl groups is 1. The highest BCUT2D eigenvalue weighted by molar-refractivity contribution is 5.83. The van der Waals surface area contributed by atoms with Gasteiger partial charge in [-0.05, 0) is 80.2 Å². The number of aliphatic hydroxyl groups is 2. The Labute approximate surface area is 249 Å². The first-order valence-electron chi connectivity index (χ1n) is 15.2. The average Bonchev–Trinajstić information content (AvgIpc) is 3.47. The van der Waals surface area contributed by atoms with Gasteiger partial charge >= 0.3 is 5.97 Å². The molecule has 0 amide bonds. The van der Waals surface area contributed by atoms with Crippen molar-refractivity contribution in [3.63, 3.8) is 0 Å². The molecule has 2 heterocycles. The lowest BCUT2D eigenvalue weighted by atomic mass is 9.46. The summed E-state index contributed by atoms with van der Waals surface area (Å²) in [6.45, 7) is 5.38. The van der Waals surface area contributed by atoms with Gasteiger partial charge in [-0.25, -0.2) is 4.79 Å². The summed E-state index contributed by atoms with van der Waals surface area (Å²) in [6.07, 6.45) is 3.41. The van der Waals surface area contributed by atoms with E-state index in [9.17, 15) is 29.7 Å². The molecule has 0 aromatic carbocycles. The van der Waals surface area contributed by atoms with Crippen LogP contribution in [0.2, 0.25) is 0 Å². The van der Waals surface area contributed by atoms with Crippen molar-refractivity contribution in [1.29, 1.82) is 0 Å². The van der Waals surface area contributed by atoms with E-state index in [2.05, 4.69) is 28.0 Å². The topological polar surface area (TPSA) is 195 Å². The van der Waals surface area contributed by atoms with Crippen LogP contribution in [0.15, 0.2) is 27.6 Å². The molecule has 0 radical (unpaired) electrons. The Kier molecular flexibility index (Phi) is 7.27. The van der Waals surface area contributed by atoms with Crippen molar-refractivity contribution in [2.75, 3.05) is 6.61 Å². The lowest BCUT2D eigenvalue weighted by Gasteiger charge is -2.59. The number of azide groups is 1. The molecule has 0 bridgehead atoms. The molecule has 10 atom stereocenters. The van der Waals surface area contributed by atoms with Crippen molar-refractivity contribution < 1.29 is 34.4 Å². The third kappa shape index (κ3) is 4.53. The Morgan fingerprint density at radius 3 is 2.81 bits per heavy atom. The molecule has 1 aromatic rings. The van der Waals surface area contributed by atoms with Crippen LogP contribution in [-0.4, -0.2) is 62.5 Å². The summed E-state index contributed by atoms with van der Waals surface area (Å²) < 4.78 is 11.7. The van der Waals surface area contributed by atoms with Crippen LogP contribution in [0.5, 0.6) is 5.88 Å². The van der Waals surface area contributed by atoms with Gasteiger partial charge < -0.3 is 24.8 Å². The van der Waals surface area contributed by atoms with Gasteiger partial charge in [0.15, 0.2) is 11.5 Å². The van der Waals surface area contributed by atoms with E-state index in [1.54, 1.807) is 6.92 Å². The second-order valence-corrected chi connectivity index (χ2v) is 13.8. The van der Waals surface area contributed by atoms with E-state index in [4.69, 9.17) is 15.0 Å². The first-order chi connectivity index (χ1) is 20.3. The van der Waals surface area contributed by atoms with Crippen LogP contribution < -0.4 is 5.56 Å². The second-order valence-electron chi connectivity index (χ2n) is 13.8. The highest BCUT2D eigenvalue weighted by Gasteiger charge is 2.69. The molecule has 1 aliphatic heterocycles. The van der Waals surface area contributed by atoms with Gasteiger partial charge in [0.1, 0.15) is 18.5 Å². The number of Topliss-reactive ketones (excluding diaryl/α,β-unsaturated/α-hetero) is 1. The smallest absolute Gasteiger partial charge is 0.338 e. The van der Waals surface area contributed by atoms with E-state index < -0.39 is 46.9 Å². The van der Waals surface area contributed by atoms with E-state index >= 15 is 0 Å². The molecule has 0 spiro atoms. The number of ether oxygens (including phenoxy) is 2. The molecule has 4 fully saturated rings. The fraction of sp³-hybridized carbons (Fsp3) is 0.710. The minimum Gasteiger partial charge on any atom is -0.494 e. The van der Waals surface area contributed by atoms with Gasteiger partial charge in [-0.15, -0.1) is 0 Å². The molecule has 6 rings (SSSR count). The minimum absolute atomic E-state index is 0.0155. The Morgan fingerprint density at radius 2 is 2.07 bits per heavy atom. The summed E-state index contributed by atoms with van der Waals surface area (Å²) in [4.78, 5) is 43.6. The van der Waals surface area contributed by atoms with Crippen LogP contribution in [0.25, 0.3) is 10.4 Å². The van der Waals surface area contributed by atoms with Gasteiger partial charge in [-0.3, -0.25) is 14.6 Å². The van der Waals surface area contributed by atoms with E-state index in [0.29, 0.717) is 37.7 Å². The summed E-state index contributed by atoms with van der Waals surface area (Å²) in [6, 6.07) is 0.792. The number of aromatic nitrogens is 1. The molecule has 1 aromatic heterocycles. The number of ketones is 1. The number of fused-ring (bicyclic) bond motifs is 5. The number of allylic oxidation sites excluding steroid dienone is 2. The minimum atomic E-state index is -1.83. The van der Waals surface area contributed by atoms with Crippen LogP contribution >= 0.6 is 0 Å². The number of aromatic amines is 1. The van der Waals surface area contributed by atoms with Crippen molar-refractivity contribution in [2.45, 2.75) is 102 Å². The number of hydrogen-bond donors (Lipinski definition) is 4. The first kappa shape index (κ1) is 29.9. The third-order valence-corrected chi connectivity index (χ3v) is 11.7. The van der Waals surface area contributed by atoms with Gasteiger partial charge in [0, 0.05) is 34.3 Å². The van der Waals surface area contributed by atoms with Crippen molar-refractivity contribution in [1.82, 2.24) is 4.98 Å². The van der Waals surface area contributed by atoms with Gasteiger partial charge in [0.05, 0.1) is 18.2 Å². The maximum atomic E-state index is 13.7. The summed E-state index contributed by atoms with van der Waals surface area (Å²) in [5, 5.41) is 37.2. The number of esters is 1. The zero-order valence-electron chi connectivity index (χ0n) is 24.8. The van der Waals surface area contributed by atoms with Crippen LogP contribution in [-0.2, 0) is 19.1 Å². The normalized spacial score (nSPS) is 41.8. The third-order valence-electron chi connectivity index (χ3n) is 11.7. The Balaban J connectivity index is 1.19. The monoisotopic (exact) mass is 596 g/mol. The Bertz CT molecular complexity index is 1480. The number of nitrogens with one attached hydrogen (secondary N) is 1. The van der Waals surface area contributed by atoms with Crippen molar-refractivity contribution in [3.8, 4) is 5.88 Å². The van der Waals surface area contributed by atoms with Gasteiger partial charge in [0.2, 0.25) is 0 Å². The van der Waals surface area contributed by atoms with Gasteiger partial charge in [-0.2, -0.15) is 0 Å². The predicted octanol–water partition coefficient (Wildman–Crippen LogP) is 3.67. The summed E-state index contributed by atoms with van der Waals surface area (Å²) in [7, 11) is 0. The lowest BCUT2D eigenvalue weighted by molar-refractivity contribution is -0.200. The maximum absolute atomic E-state index is 13.7. The largest absolute Gasteiger partial charge is 0.494 e. The molecule has 4 aliphatic carbocycles. The molecule has 43 heavy (non-hydrogen) atoms. The number of carbonyl (C=O) groups excluding carboxylic acids is 2. The summed E-state index contributed by atoms with van der Waals surface area (Å²) >= 11 is 0. The van der Waals surface area contributed by atoms with Gasteiger partial charge in [-0.1, -0.05) is 30.6 Å². The van der Waals surface area contributed by atoms with Crippen LogP contribution in [0, 0.1) is 35.5 Å². The SMILES string of the molecule is Cc1cc(C2CC(N=[N+]=[N-])C(COC(=O)C3(O)CCC4C5CC=C6CC(=O)CCC6(C)C5C(O)CC43C)O2)c(=O)[nH]c1O. The zero-order valence-corrected chi connectivity index (χ0v) is 24.8. The summed E-state index contributed by atoms with van der Waals surface area (Å²) in [5.74, 6) is -0.796. The quantitative estimate of drug-likeness (QED) is 0.130. The van der Waals surface area contributed by atoms with Crippen LogP contribution in [0.4, 0.5) is 0 Å². The Morgan fingerprint density at radius 1 is 1.30 bits per heavy atom. The van der Waals surface area contributed by atoms with E-state index in [0.717, 1.165) is 5.57 Å². The number of carbonyl (C=O) groups is 2. The number of H-pyrrole nitrogens is 1. The maximum Gasteiger partial charge on any atom is 0.338 e. The first-order valence-corrected chi connectivity index (χ1v) is 15.2. The summed E-state index contributed by atoms with van der Waals surface area (Å²) in [5.41, 5.74) is 7.41. The molecule has 10 unspecified atom stereocenters. The molecule has 12 nitrogen and oxygen atoms in total. The number of aryl methyl sites for hydroxylation is 1. The fourth-order valence-electron chi connectivity index (χ4n) is 9.38. The van der Waals surface area contributed by atoms with Gasteiger partial charge in [0.25, 0.3) is 5.56 Å². The zero-order chi connectivity index (χ0) is 30.9. The molecular weight excluding hydrogens is 556 g/mol. The van der Waals surface area contributed by atoms with E-state index in [1.165, 1.54) is 6.07 Å². The molecule has 4 N–H and O–H groups in total. The second kappa shape index (κ2) is 10.5. The molecule has 12 heteroatoms. The highest BCUT2D eigenvalue weighted by atomic mass is 16.6. The fourth-order valence-corrected chi connectivity index (χ4v) is 9.38. The van der Waals surface area contributed by atoms with Crippen molar-refractivity contribution in [3.05, 3.63) is 49.6 Å². The molecule has 232 valence electrons. The number of pyridine rings is 1. The van der Waals surface area contributed by atoms with Crippen molar-refractivity contribution >= 4 is 11.8 Å². The number of hydrogen-bond acceptors (Lipinski definition) is 9. The molecule has 1 saturated heterocycles. The number of aliphatic hydroxyl groups excluding tert-OH is 1. The lowest BCUT2D eigenvalue weighted by Crippen LogP contribution is -2.61. The van der Waals surface area contributed by atoms with Crippen molar-refractivity contribution in [2.24, 2.45) is 33.7 Å². The Hall–Kier alpha value is -3.18. The van der Waals surface area contributed by atoms with E-state index in [1.807, 2.05) is 6.92 Å². The molecule has 5 aliphatic rings. The highest BCUT2D eigenvalue weighted by Crippen LogP contribution is 2.67. The van der Waals surface area contributed by atoms with Crippen LogP contribution in [0.1, 0.15) is 82.4 Å². The molecule has 3 saturated carbocycles. The average molecular weight is 597 g/mol. The molecular formula is C31H40N4O8. The van der Waals surface area contributed by atoms with Crippen LogP contribution in [0.3, 0.4) is 0 Å². The number of nitrogens with zero attached hydrogens (tertiary/aromatic N) is 3. The standard InChI is InChI=1S/C31H40N4O8/c1-15-10-19(27(39)33-26(15)38)23-12-21(34-35-32)24(43-23)14-42-28(40)31(41)9-7-20-18-5-4-16-11-17(36)6-8-29(16,2)25(18)22(37)13-30(20,31)3/h4,10,18,20-25,37,41H,5-9,11-14H2,1-3H3,(H2,33,38,39).